The molecule has 1 N–H and O–H groups in total. The molecule has 20 heavy (non-hydrogen) atoms. The summed E-state index contributed by atoms with van der Waals surface area (Å²) in [5, 5.41) is 2.61. The van der Waals surface area contributed by atoms with E-state index in [4.69, 9.17) is 17.0 Å². The third kappa shape index (κ3) is 4.07. The van der Waals surface area contributed by atoms with Crippen LogP contribution >= 0.6 is 39.9 Å². The molecule has 1 heterocycles. The molecule has 1 aliphatic rings. The average molecular weight is 372 g/mol. The summed E-state index contributed by atoms with van der Waals surface area (Å²) in [7, 11) is 0. The van der Waals surface area contributed by atoms with Crippen molar-refractivity contribution in [2.75, 3.05) is 6.61 Å². The van der Waals surface area contributed by atoms with Crippen LogP contribution in [0.2, 0.25) is 0 Å². The normalized spacial score (nSPS) is 16.9. The zero-order chi connectivity index (χ0) is 14.7. The van der Waals surface area contributed by atoms with Gasteiger partial charge in [-0.2, -0.15) is 0 Å². The van der Waals surface area contributed by atoms with Crippen molar-refractivity contribution in [1.82, 2.24) is 5.32 Å². The van der Waals surface area contributed by atoms with Gasteiger partial charge in [0.15, 0.2) is 0 Å². The summed E-state index contributed by atoms with van der Waals surface area (Å²) in [6.07, 6.45) is 1.81. The van der Waals surface area contributed by atoms with Gasteiger partial charge < -0.3 is 10.1 Å². The summed E-state index contributed by atoms with van der Waals surface area (Å²) in [6, 6.07) is 5.75. The van der Waals surface area contributed by atoms with E-state index in [2.05, 4.69) is 35.1 Å². The molecule has 3 nitrogen and oxygen atoms in total. The van der Waals surface area contributed by atoms with E-state index in [1.165, 1.54) is 11.8 Å². The molecule has 0 bridgehead atoms. The lowest BCUT2D eigenvalue weighted by Gasteiger charge is -2.12. The standard InChI is InChI=1S/C14H14BrNO2S2/c1-8(2)7-18-11-4-3-10(15)5-9(11)6-12-13(17)16-14(19)20-12/h3-6,8H,7H2,1-2H3,(H,16,17,19). The van der Waals surface area contributed by atoms with Crippen LogP contribution in [-0.4, -0.2) is 16.8 Å². The first kappa shape index (κ1) is 15.5. The highest BCUT2D eigenvalue weighted by Gasteiger charge is 2.22. The number of amides is 1. The summed E-state index contributed by atoms with van der Waals surface area (Å²) >= 11 is 9.69. The van der Waals surface area contributed by atoms with Gasteiger partial charge in [-0.05, 0) is 30.2 Å². The SMILES string of the molecule is CC(C)COc1ccc(Br)cc1C=C1SC(=S)NC1=O. The number of nitrogens with one attached hydrogen (secondary N) is 1. The second kappa shape index (κ2) is 6.74. The quantitative estimate of drug-likeness (QED) is 0.641. The van der Waals surface area contributed by atoms with Crippen LogP contribution < -0.4 is 10.1 Å². The molecule has 1 saturated heterocycles. The number of hydrogen-bond acceptors (Lipinski definition) is 4. The molecule has 2 rings (SSSR count). The van der Waals surface area contributed by atoms with E-state index in [9.17, 15) is 4.79 Å². The second-order valence-corrected chi connectivity index (χ2v) is 7.37. The monoisotopic (exact) mass is 371 g/mol. The predicted molar refractivity (Wildman–Crippen MR) is 90.8 cm³/mol. The molecule has 0 unspecified atom stereocenters. The van der Waals surface area contributed by atoms with Gasteiger partial charge in [-0.1, -0.05) is 53.8 Å². The van der Waals surface area contributed by atoms with Gasteiger partial charge in [-0.3, -0.25) is 4.79 Å². The van der Waals surface area contributed by atoms with Gasteiger partial charge >= 0.3 is 0 Å². The molecule has 0 aliphatic carbocycles. The van der Waals surface area contributed by atoms with Crippen LogP contribution in [-0.2, 0) is 4.79 Å². The molecule has 0 spiro atoms. The van der Waals surface area contributed by atoms with Crippen molar-refractivity contribution in [3.8, 4) is 5.75 Å². The van der Waals surface area contributed by atoms with Crippen molar-refractivity contribution in [2.45, 2.75) is 13.8 Å². The Labute approximate surface area is 136 Å². The Bertz CT molecular complexity index is 585. The Morgan fingerprint density at radius 3 is 2.85 bits per heavy atom. The molecule has 6 heteroatoms. The second-order valence-electron chi connectivity index (χ2n) is 4.74. The maximum Gasteiger partial charge on any atom is 0.263 e. The maximum absolute atomic E-state index is 11.7. The lowest BCUT2D eigenvalue weighted by atomic mass is 10.1. The topological polar surface area (TPSA) is 38.3 Å². The van der Waals surface area contributed by atoms with Crippen molar-refractivity contribution >= 4 is 56.2 Å². The van der Waals surface area contributed by atoms with Crippen molar-refractivity contribution in [2.24, 2.45) is 5.92 Å². The largest absolute Gasteiger partial charge is 0.493 e. The molecule has 1 amide bonds. The van der Waals surface area contributed by atoms with E-state index in [1.54, 1.807) is 6.08 Å². The van der Waals surface area contributed by atoms with Crippen LogP contribution in [0.1, 0.15) is 19.4 Å². The number of hydrogen-bond donors (Lipinski definition) is 1. The van der Waals surface area contributed by atoms with Gasteiger partial charge in [-0.15, -0.1) is 0 Å². The number of thioether (sulfide) groups is 1. The number of rotatable bonds is 4. The Morgan fingerprint density at radius 1 is 1.50 bits per heavy atom. The maximum atomic E-state index is 11.7. The lowest BCUT2D eigenvalue weighted by Crippen LogP contribution is -2.17. The number of benzene rings is 1. The average Bonchev–Trinajstić information content (AvgIpc) is 2.66. The third-order valence-corrected chi connectivity index (χ3v) is 4.13. The van der Waals surface area contributed by atoms with Gasteiger partial charge in [0.2, 0.25) is 0 Å². The molecule has 0 atom stereocenters. The van der Waals surface area contributed by atoms with Gasteiger partial charge in [0.05, 0.1) is 11.5 Å². The first-order chi connectivity index (χ1) is 9.45. The number of carbonyl (C=O) groups is 1. The van der Waals surface area contributed by atoms with Crippen molar-refractivity contribution in [3.05, 3.63) is 33.1 Å². The summed E-state index contributed by atoms with van der Waals surface area (Å²) in [6.45, 7) is 4.82. The first-order valence-corrected chi connectivity index (χ1v) is 8.14. The predicted octanol–water partition coefficient (Wildman–Crippen LogP) is 3.97. The molecular formula is C14H14BrNO2S2. The Morgan fingerprint density at radius 2 is 2.25 bits per heavy atom. The zero-order valence-electron chi connectivity index (χ0n) is 11.1. The molecular weight excluding hydrogens is 358 g/mol. The van der Waals surface area contributed by atoms with Crippen LogP contribution in [0.4, 0.5) is 0 Å². The summed E-state index contributed by atoms with van der Waals surface area (Å²) in [5.74, 6) is 1.05. The van der Waals surface area contributed by atoms with Gasteiger partial charge in [0.25, 0.3) is 5.91 Å². The molecule has 1 aliphatic heterocycles. The summed E-state index contributed by atoms with van der Waals surface area (Å²) < 4.78 is 7.21. The van der Waals surface area contributed by atoms with Crippen LogP contribution in [0.3, 0.4) is 0 Å². The minimum absolute atomic E-state index is 0.158. The fourth-order valence-corrected chi connectivity index (χ4v) is 3.00. The first-order valence-electron chi connectivity index (χ1n) is 6.13. The fourth-order valence-electron chi connectivity index (χ4n) is 1.58. The van der Waals surface area contributed by atoms with E-state index in [1.807, 2.05) is 18.2 Å². The zero-order valence-corrected chi connectivity index (χ0v) is 14.3. The molecule has 1 aromatic rings. The van der Waals surface area contributed by atoms with Crippen molar-refractivity contribution < 1.29 is 9.53 Å². The fraction of sp³-hybridized carbons (Fsp3) is 0.286. The minimum Gasteiger partial charge on any atom is -0.493 e. The molecule has 1 fully saturated rings. The van der Waals surface area contributed by atoms with Crippen LogP contribution in [0.15, 0.2) is 27.6 Å². The van der Waals surface area contributed by atoms with Crippen LogP contribution in [0.25, 0.3) is 6.08 Å². The van der Waals surface area contributed by atoms with E-state index < -0.39 is 0 Å². The Balaban J connectivity index is 2.30. The molecule has 1 aromatic carbocycles. The number of carbonyl (C=O) groups excluding carboxylic acids is 1. The van der Waals surface area contributed by atoms with Crippen LogP contribution in [0, 0.1) is 5.92 Å². The highest BCUT2D eigenvalue weighted by Crippen LogP contribution is 2.31. The molecule has 106 valence electrons. The van der Waals surface area contributed by atoms with Crippen LogP contribution in [0.5, 0.6) is 5.75 Å². The summed E-state index contributed by atoms with van der Waals surface area (Å²) in [5.41, 5.74) is 0.863. The molecule has 0 saturated carbocycles. The van der Waals surface area contributed by atoms with Crippen molar-refractivity contribution in [3.63, 3.8) is 0 Å². The summed E-state index contributed by atoms with van der Waals surface area (Å²) in [4.78, 5) is 12.3. The third-order valence-electron chi connectivity index (χ3n) is 2.47. The number of ether oxygens (including phenoxy) is 1. The highest BCUT2D eigenvalue weighted by atomic mass is 79.9. The number of thiocarbonyl (C=S) groups is 1. The lowest BCUT2D eigenvalue weighted by molar-refractivity contribution is -0.115. The minimum atomic E-state index is -0.158. The van der Waals surface area contributed by atoms with E-state index in [-0.39, 0.29) is 5.91 Å². The van der Waals surface area contributed by atoms with E-state index in [0.717, 1.165) is 15.8 Å². The highest BCUT2D eigenvalue weighted by molar-refractivity contribution is 9.10. The van der Waals surface area contributed by atoms with Gasteiger partial charge in [0.1, 0.15) is 10.1 Å². The molecule has 0 aromatic heterocycles. The van der Waals surface area contributed by atoms with Crippen molar-refractivity contribution in [1.29, 1.82) is 0 Å². The van der Waals surface area contributed by atoms with E-state index in [0.29, 0.717) is 21.8 Å². The Hall–Kier alpha value is -0.850. The molecule has 0 radical (unpaired) electrons. The smallest absolute Gasteiger partial charge is 0.263 e. The van der Waals surface area contributed by atoms with Gasteiger partial charge in [0, 0.05) is 10.0 Å². The van der Waals surface area contributed by atoms with E-state index >= 15 is 0 Å². The van der Waals surface area contributed by atoms with Gasteiger partial charge in [-0.25, -0.2) is 0 Å². The number of halogens is 1. The Kier molecular flexibility index (Phi) is 5.23.